The summed E-state index contributed by atoms with van der Waals surface area (Å²) in [5.74, 6) is -1.65. The Bertz CT molecular complexity index is 389. The topological polar surface area (TPSA) is 29.3 Å². The number of benzene rings is 1. The van der Waals surface area contributed by atoms with E-state index in [-0.39, 0.29) is 5.69 Å². The van der Waals surface area contributed by atoms with Gasteiger partial charge in [-0.05, 0) is 31.4 Å². The van der Waals surface area contributed by atoms with Gasteiger partial charge < -0.3 is 10.6 Å². The highest BCUT2D eigenvalue weighted by Crippen LogP contribution is 2.37. The normalized spacial score (nSPS) is 15.2. The lowest BCUT2D eigenvalue weighted by Gasteiger charge is -2.26. The van der Waals surface area contributed by atoms with Gasteiger partial charge in [0.1, 0.15) is 0 Å². The van der Waals surface area contributed by atoms with E-state index >= 15 is 0 Å². The molecule has 1 fully saturated rings. The Hall–Kier alpha value is -1.32. The lowest BCUT2D eigenvalue weighted by Crippen LogP contribution is -2.28. The maximum atomic E-state index is 13.7. The average molecular weight is 226 g/mol. The fourth-order valence-electron chi connectivity index (χ4n) is 1.95. The van der Waals surface area contributed by atoms with Crippen molar-refractivity contribution in [3.05, 3.63) is 23.8 Å². The Labute approximate surface area is 94.0 Å². The molecule has 0 heterocycles. The molecule has 4 heteroatoms. The summed E-state index contributed by atoms with van der Waals surface area (Å²) in [5, 5.41) is 0. The number of halogens is 2. The van der Waals surface area contributed by atoms with Crippen molar-refractivity contribution in [3.63, 3.8) is 0 Å². The predicted octanol–water partition coefficient (Wildman–Crippen LogP) is 2.93. The van der Waals surface area contributed by atoms with Gasteiger partial charge in [-0.25, -0.2) is 8.78 Å². The first-order chi connectivity index (χ1) is 7.65. The summed E-state index contributed by atoms with van der Waals surface area (Å²) in [7, 11) is 0. The molecule has 1 saturated carbocycles. The first kappa shape index (κ1) is 11.2. The zero-order valence-corrected chi connectivity index (χ0v) is 9.34. The van der Waals surface area contributed by atoms with E-state index in [0.29, 0.717) is 11.7 Å². The molecule has 1 aromatic rings. The quantitative estimate of drug-likeness (QED) is 0.800. The van der Waals surface area contributed by atoms with Crippen LogP contribution in [0.1, 0.15) is 26.2 Å². The molecular formula is C12H16F2N2. The van der Waals surface area contributed by atoms with Gasteiger partial charge in [0.05, 0.1) is 11.4 Å². The molecule has 0 unspecified atom stereocenters. The number of hydrogen-bond acceptors (Lipinski definition) is 2. The maximum absolute atomic E-state index is 13.7. The Balaban J connectivity index is 2.39. The number of rotatable bonds is 4. The fraction of sp³-hybridized carbons (Fsp3) is 0.500. The van der Waals surface area contributed by atoms with Crippen LogP contribution in [0.15, 0.2) is 12.1 Å². The molecule has 0 radical (unpaired) electrons. The smallest absolute Gasteiger partial charge is 0.184 e. The highest BCUT2D eigenvalue weighted by molar-refractivity contribution is 5.69. The van der Waals surface area contributed by atoms with Crippen LogP contribution in [0.25, 0.3) is 0 Å². The summed E-state index contributed by atoms with van der Waals surface area (Å²) in [4.78, 5) is 1.90. The summed E-state index contributed by atoms with van der Waals surface area (Å²) in [5.41, 5.74) is 6.30. The van der Waals surface area contributed by atoms with Crippen LogP contribution in [0.2, 0.25) is 0 Å². The van der Waals surface area contributed by atoms with E-state index in [2.05, 4.69) is 0 Å². The van der Waals surface area contributed by atoms with Crippen molar-refractivity contribution in [1.82, 2.24) is 0 Å². The molecule has 1 aliphatic rings. The van der Waals surface area contributed by atoms with Crippen LogP contribution in [-0.4, -0.2) is 12.6 Å². The fourth-order valence-corrected chi connectivity index (χ4v) is 1.95. The van der Waals surface area contributed by atoms with E-state index in [4.69, 9.17) is 5.73 Å². The van der Waals surface area contributed by atoms with Crippen LogP contribution in [0, 0.1) is 11.6 Å². The second-order valence-corrected chi connectivity index (χ2v) is 4.22. The first-order valence-corrected chi connectivity index (χ1v) is 5.65. The van der Waals surface area contributed by atoms with Crippen LogP contribution in [0.3, 0.4) is 0 Å². The van der Waals surface area contributed by atoms with Crippen LogP contribution >= 0.6 is 0 Å². The third kappa shape index (κ3) is 1.96. The summed E-state index contributed by atoms with van der Waals surface area (Å²) in [6, 6.07) is 2.84. The number of anilines is 2. The highest BCUT2D eigenvalue weighted by atomic mass is 19.2. The van der Waals surface area contributed by atoms with Gasteiger partial charge >= 0.3 is 0 Å². The number of hydrogen-bond donors (Lipinski definition) is 1. The van der Waals surface area contributed by atoms with Gasteiger partial charge in [0.15, 0.2) is 11.6 Å². The minimum atomic E-state index is -0.828. The molecule has 1 aliphatic carbocycles. The molecule has 0 bridgehead atoms. The molecule has 0 spiro atoms. The first-order valence-electron chi connectivity index (χ1n) is 5.65. The van der Waals surface area contributed by atoms with E-state index in [1.807, 2.05) is 11.8 Å². The van der Waals surface area contributed by atoms with Crippen LogP contribution < -0.4 is 10.6 Å². The van der Waals surface area contributed by atoms with Crippen LogP contribution in [0.5, 0.6) is 0 Å². The monoisotopic (exact) mass is 226 g/mol. The maximum Gasteiger partial charge on any atom is 0.184 e. The predicted molar refractivity (Wildman–Crippen MR) is 61.4 cm³/mol. The standard InChI is InChI=1S/C12H16F2N2/c1-2-7-16(8-3-4-8)12-10(15)6-5-9(13)11(12)14/h5-6,8H,2-4,7,15H2,1H3. The molecule has 1 aromatic carbocycles. The van der Waals surface area contributed by atoms with Crippen molar-refractivity contribution in [2.75, 3.05) is 17.2 Å². The third-order valence-electron chi connectivity index (χ3n) is 2.84. The number of nitrogens with zero attached hydrogens (tertiary/aromatic N) is 1. The molecule has 0 amide bonds. The Morgan fingerprint density at radius 2 is 2.06 bits per heavy atom. The Morgan fingerprint density at radius 1 is 1.38 bits per heavy atom. The van der Waals surface area contributed by atoms with Crippen LogP contribution in [0.4, 0.5) is 20.2 Å². The molecule has 16 heavy (non-hydrogen) atoms. The van der Waals surface area contributed by atoms with Gasteiger partial charge in [0.25, 0.3) is 0 Å². The lowest BCUT2D eigenvalue weighted by atomic mass is 10.2. The minimum absolute atomic E-state index is 0.240. The SMILES string of the molecule is CCCN(c1c(N)ccc(F)c1F)C1CC1. The van der Waals surface area contributed by atoms with Crippen molar-refractivity contribution in [2.45, 2.75) is 32.2 Å². The molecule has 0 atom stereocenters. The van der Waals surface area contributed by atoms with E-state index in [0.717, 1.165) is 31.9 Å². The van der Waals surface area contributed by atoms with E-state index in [1.54, 1.807) is 0 Å². The summed E-state index contributed by atoms with van der Waals surface area (Å²) in [6.45, 7) is 2.73. The second kappa shape index (κ2) is 4.28. The summed E-state index contributed by atoms with van der Waals surface area (Å²) < 4.78 is 26.9. The molecule has 2 N–H and O–H groups in total. The molecule has 2 nitrogen and oxygen atoms in total. The second-order valence-electron chi connectivity index (χ2n) is 4.22. The number of nitrogen functional groups attached to an aromatic ring is 1. The van der Waals surface area contributed by atoms with Gasteiger partial charge in [0.2, 0.25) is 0 Å². The summed E-state index contributed by atoms with van der Waals surface area (Å²) in [6.07, 6.45) is 2.97. The lowest BCUT2D eigenvalue weighted by molar-refractivity contribution is 0.505. The van der Waals surface area contributed by atoms with Crippen molar-refractivity contribution < 1.29 is 8.78 Å². The van der Waals surface area contributed by atoms with Gasteiger partial charge in [-0.3, -0.25) is 0 Å². The third-order valence-corrected chi connectivity index (χ3v) is 2.84. The molecule has 0 saturated heterocycles. The van der Waals surface area contributed by atoms with Crippen LogP contribution in [-0.2, 0) is 0 Å². The Morgan fingerprint density at radius 3 is 2.62 bits per heavy atom. The molecule has 88 valence electrons. The van der Waals surface area contributed by atoms with Gasteiger partial charge in [-0.15, -0.1) is 0 Å². The van der Waals surface area contributed by atoms with E-state index in [9.17, 15) is 8.78 Å². The van der Waals surface area contributed by atoms with Crippen molar-refractivity contribution in [3.8, 4) is 0 Å². The van der Waals surface area contributed by atoms with E-state index < -0.39 is 11.6 Å². The minimum Gasteiger partial charge on any atom is -0.397 e. The molecule has 2 rings (SSSR count). The van der Waals surface area contributed by atoms with Gasteiger partial charge in [-0.1, -0.05) is 6.92 Å². The number of nitrogens with two attached hydrogens (primary N) is 1. The zero-order chi connectivity index (χ0) is 11.7. The molecule has 0 aliphatic heterocycles. The van der Waals surface area contributed by atoms with Crippen molar-refractivity contribution in [2.24, 2.45) is 0 Å². The van der Waals surface area contributed by atoms with Crippen molar-refractivity contribution in [1.29, 1.82) is 0 Å². The summed E-state index contributed by atoms with van der Waals surface area (Å²) >= 11 is 0. The highest BCUT2D eigenvalue weighted by Gasteiger charge is 2.32. The Kier molecular flexibility index (Phi) is 2.99. The van der Waals surface area contributed by atoms with Gasteiger partial charge in [0, 0.05) is 12.6 Å². The zero-order valence-electron chi connectivity index (χ0n) is 9.34. The van der Waals surface area contributed by atoms with Gasteiger partial charge in [-0.2, -0.15) is 0 Å². The molecule has 0 aromatic heterocycles. The average Bonchev–Trinajstić information content (AvgIpc) is 3.06. The van der Waals surface area contributed by atoms with Crippen molar-refractivity contribution >= 4 is 11.4 Å². The molecular weight excluding hydrogens is 210 g/mol. The van der Waals surface area contributed by atoms with E-state index in [1.165, 1.54) is 6.07 Å². The largest absolute Gasteiger partial charge is 0.397 e.